The second-order valence-corrected chi connectivity index (χ2v) is 5.70. The van der Waals surface area contributed by atoms with Gasteiger partial charge in [0.1, 0.15) is 11.6 Å². The Hall–Kier alpha value is -1.74. The number of hydrogen-bond acceptors (Lipinski definition) is 1. The average molecular weight is 287 g/mol. The predicted octanol–water partition coefficient (Wildman–Crippen LogP) is 4.04. The minimum Gasteiger partial charge on any atom is -0.313 e. The van der Waals surface area contributed by atoms with Crippen molar-refractivity contribution in [1.29, 1.82) is 0 Å². The summed E-state index contributed by atoms with van der Waals surface area (Å²) in [7, 11) is 0. The molecule has 0 aromatic heterocycles. The van der Waals surface area contributed by atoms with Crippen LogP contribution in [0.1, 0.15) is 29.9 Å². The first kappa shape index (κ1) is 14.2. The highest BCUT2D eigenvalue weighted by Crippen LogP contribution is 2.26. The quantitative estimate of drug-likeness (QED) is 0.845. The monoisotopic (exact) mass is 287 g/mol. The minimum atomic E-state index is -0.217. The second kappa shape index (κ2) is 6.35. The van der Waals surface area contributed by atoms with Gasteiger partial charge in [-0.2, -0.15) is 0 Å². The van der Waals surface area contributed by atoms with E-state index in [0.29, 0.717) is 30.1 Å². The molecule has 0 aliphatic heterocycles. The first-order valence-corrected chi connectivity index (χ1v) is 7.45. The molecule has 1 aliphatic rings. The first-order valence-electron chi connectivity index (χ1n) is 7.45. The number of benzene rings is 2. The van der Waals surface area contributed by atoms with Gasteiger partial charge in [-0.25, -0.2) is 8.78 Å². The van der Waals surface area contributed by atoms with Crippen molar-refractivity contribution >= 4 is 0 Å². The zero-order valence-electron chi connectivity index (χ0n) is 11.9. The molecule has 1 aliphatic carbocycles. The molecule has 0 bridgehead atoms. The highest BCUT2D eigenvalue weighted by atomic mass is 19.1. The van der Waals surface area contributed by atoms with E-state index < -0.39 is 0 Å². The van der Waals surface area contributed by atoms with E-state index in [0.717, 1.165) is 0 Å². The van der Waals surface area contributed by atoms with Gasteiger partial charge in [0.2, 0.25) is 0 Å². The molecule has 1 saturated carbocycles. The summed E-state index contributed by atoms with van der Waals surface area (Å²) in [5.74, 6) is -0.481. The van der Waals surface area contributed by atoms with Crippen LogP contribution in [0, 0.1) is 11.6 Å². The van der Waals surface area contributed by atoms with Gasteiger partial charge >= 0.3 is 0 Å². The van der Waals surface area contributed by atoms with Crippen molar-refractivity contribution in [3.63, 3.8) is 0 Å². The summed E-state index contributed by atoms with van der Waals surface area (Å²) in [6, 6.07) is 14.1. The Morgan fingerprint density at radius 2 is 1.62 bits per heavy atom. The molecule has 110 valence electrons. The van der Waals surface area contributed by atoms with Gasteiger partial charge in [-0.1, -0.05) is 36.4 Å². The molecule has 2 aromatic rings. The fourth-order valence-electron chi connectivity index (χ4n) is 2.62. The van der Waals surface area contributed by atoms with Gasteiger partial charge in [-0.05, 0) is 42.5 Å². The third-order valence-electron chi connectivity index (χ3n) is 4.00. The Morgan fingerprint density at radius 3 is 2.29 bits per heavy atom. The molecular formula is C18H19F2N. The highest BCUT2D eigenvalue weighted by Gasteiger charge is 2.24. The molecule has 0 heterocycles. The number of hydrogen-bond donors (Lipinski definition) is 1. The summed E-state index contributed by atoms with van der Waals surface area (Å²) in [6.45, 7) is 0.680. The molecule has 1 nitrogen and oxygen atoms in total. The van der Waals surface area contributed by atoms with Crippen LogP contribution >= 0.6 is 0 Å². The summed E-state index contributed by atoms with van der Waals surface area (Å²) in [5.41, 5.74) is 1.30. The maximum absolute atomic E-state index is 14.1. The van der Waals surface area contributed by atoms with Crippen LogP contribution in [0.3, 0.4) is 0 Å². The smallest absolute Gasteiger partial charge is 0.126 e. The van der Waals surface area contributed by atoms with Crippen LogP contribution in [0.5, 0.6) is 0 Å². The fourth-order valence-corrected chi connectivity index (χ4v) is 2.62. The highest BCUT2D eigenvalue weighted by molar-refractivity contribution is 5.27. The summed E-state index contributed by atoms with van der Waals surface area (Å²) < 4.78 is 27.9. The number of nitrogens with one attached hydrogen (secondary N) is 1. The minimum absolute atomic E-state index is 0.0521. The van der Waals surface area contributed by atoms with Crippen molar-refractivity contribution in [2.75, 3.05) is 6.54 Å². The first-order chi connectivity index (χ1) is 10.2. The van der Waals surface area contributed by atoms with Crippen LogP contribution in [0.25, 0.3) is 0 Å². The van der Waals surface area contributed by atoms with Crippen molar-refractivity contribution in [1.82, 2.24) is 5.32 Å². The van der Waals surface area contributed by atoms with Crippen molar-refractivity contribution in [3.05, 3.63) is 71.3 Å². The van der Waals surface area contributed by atoms with E-state index in [1.807, 2.05) is 12.1 Å². The molecule has 0 radical (unpaired) electrons. The van der Waals surface area contributed by atoms with Gasteiger partial charge in [-0.3, -0.25) is 0 Å². The molecule has 21 heavy (non-hydrogen) atoms. The summed E-state index contributed by atoms with van der Waals surface area (Å²) in [6.07, 6.45) is 2.88. The normalized spacial score (nSPS) is 15.9. The molecule has 1 unspecified atom stereocenters. The Labute approximate surface area is 124 Å². The Morgan fingerprint density at radius 1 is 0.952 bits per heavy atom. The lowest BCUT2D eigenvalue weighted by Crippen LogP contribution is -2.25. The SMILES string of the molecule is Fc1ccccc1CC(CNC1CC1)c1ccccc1F. The van der Waals surface area contributed by atoms with E-state index in [4.69, 9.17) is 0 Å². The molecule has 0 amide bonds. The van der Waals surface area contributed by atoms with Crippen molar-refractivity contribution < 1.29 is 8.78 Å². The van der Waals surface area contributed by atoms with Crippen LogP contribution in [0.15, 0.2) is 48.5 Å². The molecule has 3 rings (SSSR count). The molecule has 0 saturated heterocycles. The van der Waals surface area contributed by atoms with Gasteiger partial charge in [0.25, 0.3) is 0 Å². The molecule has 3 heteroatoms. The lowest BCUT2D eigenvalue weighted by Gasteiger charge is -2.19. The third-order valence-corrected chi connectivity index (χ3v) is 4.00. The Kier molecular flexibility index (Phi) is 4.30. The molecule has 1 N–H and O–H groups in total. The van der Waals surface area contributed by atoms with Crippen LogP contribution in [-0.4, -0.2) is 12.6 Å². The van der Waals surface area contributed by atoms with Gasteiger partial charge in [-0.15, -0.1) is 0 Å². The lowest BCUT2D eigenvalue weighted by molar-refractivity contribution is 0.524. The van der Waals surface area contributed by atoms with Crippen molar-refractivity contribution in [2.24, 2.45) is 0 Å². The van der Waals surface area contributed by atoms with Crippen LogP contribution in [-0.2, 0) is 6.42 Å². The van der Waals surface area contributed by atoms with E-state index in [2.05, 4.69) is 5.32 Å². The molecular weight excluding hydrogens is 268 g/mol. The predicted molar refractivity (Wildman–Crippen MR) is 80.3 cm³/mol. The molecule has 2 aromatic carbocycles. The van der Waals surface area contributed by atoms with Gasteiger partial charge in [0.05, 0.1) is 0 Å². The zero-order chi connectivity index (χ0) is 14.7. The maximum Gasteiger partial charge on any atom is 0.126 e. The topological polar surface area (TPSA) is 12.0 Å². The van der Waals surface area contributed by atoms with E-state index >= 15 is 0 Å². The number of rotatable bonds is 6. The Bertz CT molecular complexity index is 608. The summed E-state index contributed by atoms with van der Waals surface area (Å²) >= 11 is 0. The van der Waals surface area contributed by atoms with E-state index in [1.165, 1.54) is 25.0 Å². The maximum atomic E-state index is 14.1. The van der Waals surface area contributed by atoms with Crippen LogP contribution in [0.4, 0.5) is 8.78 Å². The van der Waals surface area contributed by atoms with Crippen molar-refractivity contribution in [2.45, 2.75) is 31.2 Å². The van der Waals surface area contributed by atoms with E-state index in [-0.39, 0.29) is 17.6 Å². The lowest BCUT2D eigenvalue weighted by atomic mass is 9.91. The summed E-state index contributed by atoms with van der Waals surface area (Å²) in [4.78, 5) is 0. The van der Waals surface area contributed by atoms with E-state index in [9.17, 15) is 8.78 Å². The van der Waals surface area contributed by atoms with Gasteiger partial charge in [0, 0.05) is 18.5 Å². The summed E-state index contributed by atoms with van der Waals surface area (Å²) in [5, 5.41) is 3.43. The van der Waals surface area contributed by atoms with Crippen molar-refractivity contribution in [3.8, 4) is 0 Å². The van der Waals surface area contributed by atoms with Crippen LogP contribution in [0.2, 0.25) is 0 Å². The number of halogens is 2. The molecule has 1 fully saturated rings. The Balaban J connectivity index is 1.81. The molecule has 0 spiro atoms. The van der Waals surface area contributed by atoms with Gasteiger partial charge in [0.15, 0.2) is 0 Å². The molecule has 1 atom stereocenters. The standard InChI is InChI=1S/C18H19F2N/c19-17-7-3-1-5-13(17)11-14(12-21-15-9-10-15)16-6-2-4-8-18(16)20/h1-8,14-15,21H,9-12H2. The average Bonchev–Trinajstić information content (AvgIpc) is 3.30. The fraction of sp³-hybridized carbons (Fsp3) is 0.333. The van der Waals surface area contributed by atoms with Gasteiger partial charge < -0.3 is 5.32 Å². The van der Waals surface area contributed by atoms with E-state index in [1.54, 1.807) is 24.3 Å². The van der Waals surface area contributed by atoms with Crippen LogP contribution < -0.4 is 5.32 Å². The third kappa shape index (κ3) is 3.67. The second-order valence-electron chi connectivity index (χ2n) is 5.70. The largest absolute Gasteiger partial charge is 0.313 e. The zero-order valence-corrected chi connectivity index (χ0v) is 11.9.